The summed E-state index contributed by atoms with van der Waals surface area (Å²) in [7, 11) is 6.14. The average Bonchev–Trinajstić information content (AvgIpc) is 2.69. The average molecular weight is 370 g/mol. The largest absolute Gasteiger partial charge is 0.487 e. The van der Waals surface area contributed by atoms with Crippen molar-refractivity contribution in [3.05, 3.63) is 78.5 Å². The first kappa shape index (κ1) is 17.9. The minimum Gasteiger partial charge on any atom is -0.487 e. The second-order valence-corrected chi connectivity index (χ2v) is 6.32. The van der Waals surface area contributed by atoms with Gasteiger partial charge in [-0.1, -0.05) is 17.6 Å². The van der Waals surface area contributed by atoms with Crippen LogP contribution in [0, 0.1) is 5.82 Å². The number of fused-ring (bicyclic) bond motifs is 1. The van der Waals surface area contributed by atoms with Crippen LogP contribution in [0.15, 0.2) is 67.1 Å². The van der Waals surface area contributed by atoms with Crippen LogP contribution in [-0.2, 0) is 0 Å². The smallest absolute Gasteiger partial charge is 0.227 e. The predicted octanol–water partition coefficient (Wildman–Crippen LogP) is 3.84. The summed E-state index contributed by atoms with van der Waals surface area (Å²) >= 11 is 0. The molecule has 2 aromatic carbocycles. The molecule has 1 N–H and O–H groups in total. The summed E-state index contributed by atoms with van der Waals surface area (Å²) in [5.74, 6) is 0.558. The van der Waals surface area contributed by atoms with Gasteiger partial charge in [0.1, 0.15) is 25.5 Å². The van der Waals surface area contributed by atoms with Crippen LogP contribution in [-0.4, -0.2) is 22.8 Å². The van der Waals surface area contributed by atoms with Crippen molar-refractivity contribution in [1.82, 2.24) is 15.0 Å². The van der Waals surface area contributed by atoms with Crippen LogP contribution in [0.1, 0.15) is 18.6 Å². The van der Waals surface area contributed by atoms with Crippen molar-refractivity contribution in [3.63, 3.8) is 0 Å². The lowest BCUT2D eigenvalue weighted by molar-refractivity contribution is 0.229. The summed E-state index contributed by atoms with van der Waals surface area (Å²) in [5, 5.41) is 3.78. The minimum absolute atomic E-state index is 0.200. The van der Waals surface area contributed by atoms with Crippen LogP contribution in [0.25, 0.3) is 10.9 Å². The normalized spacial score (nSPS) is 11.9. The highest BCUT2D eigenvalue weighted by Gasteiger charge is 2.11. The second-order valence-electron chi connectivity index (χ2n) is 6.32. The number of pyridine rings is 1. The first-order chi connectivity index (χ1) is 13.6. The van der Waals surface area contributed by atoms with Gasteiger partial charge in [-0.3, -0.25) is 4.98 Å². The molecule has 2 aromatic heterocycles. The highest BCUT2D eigenvalue weighted by molar-refractivity contribution is 6.35. The fraction of sp³-hybridized carbons (Fsp3) is 0.0952. The molecule has 0 aliphatic carbocycles. The molecule has 0 aliphatic rings. The van der Waals surface area contributed by atoms with Crippen molar-refractivity contribution >= 4 is 35.8 Å². The van der Waals surface area contributed by atoms with Crippen molar-refractivity contribution in [2.75, 3.05) is 5.32 Å². The molecular formula is C21H16BFN4O. The fourth-order valence-corrected chi connectivity index (χ4v) is 2.83. The molecule has 0 fully saturated rings. The number of hydrogen-bond donors (Lipinski definition) is 1. The second kappa shape index (κ2) is 7.64. The Morgan fingerprint density at radius 3 is 2.71 bits per heavy atom. The maximum Gasteiger partial charge on any atom is 0.227 e. The van der Waals surface area contributed by atoms with Gasteiger partial charge in [0.25, 0.3) is 0 Å². The number of hydrogen-bond acceptors (Lipinski definition) is 5. The molecule has 4 rings (SSSR count). The zero-order valence-electron chi connectivity index (χ0n) is 15.1. The topological polar surface area (TPSA) is 59.9 Å². The zero-order valence-corrected chi connectivity index (χ0v) is 15.1. The first-order valence-electron chi connectivity index (χ1n) is 8.74. The molecule has 28 heavy (non-hydrogen) atoms. The van der Waals surface area contributed by atoms with E-state index in [0.29, 0.717) is 28.4 Å². The maximum atomic E-state index is 13.4. The minimum atomic E-state index is -0.334. The highest BCUT2D eigenvalue weighted by Crippen LogP contribution is 2.24. The highest BCUT2D eigenvalue weighted by atomic mass is 19.1. The number of anilines is 2. The number of ether oxygens (including phenoxy) is 1. The van der Waals surface area contributed by atoms with Crippen LogP contribution in [0.4, 0.5) is 16.0 Å². The van der Waals surface area contributed by atoms with Gasteiger partial charge in [0.2, 0.25) is 5.95 Å². The molecule has 7 heteroatoms. The molecule has 4 aromatic rings. The van der Waals surface area contributed by atoms with Gasteiger partial charge in [-0.05, 0) is 42.8 Å². The molecule has 0 spiro atoms. The molecule has 136 valence electrons. The number of rotatable bonds is 5. The molecule has 5 nitrogen and oxygen atoms in total. The Balaban J connectivity index is 1.62. The lowest BCUT2D eigenvalue weighted by Crippen LogP contribution is -2.13. The van der Waals surface area contributed by atoms with Gasteiger partial charge in [-0.15, -0.1) is 0 Å². The SMILES string of the molecule is [B]c1cc2cnc(Nc3cccc(F)c3)nc2cc1OC(C)c1ccncc1. The Kier molecular flexibility index (Phi) is 4.89. The predicted molar refractivity (Wildman–Crippen MR) is 108 cm³/mol. The third-order valence-corrected chi connectivity index (χ3v) is 4.27. The summed E-state index contributed by atoms with van der Waals surface area (Å²) in [6.45, 7) is 1.94. The van der Waals surface area contributed by atoms with Gasteiger partial charge in [0.15, 0.2) is 0 Å². The van der Waals surface area contributed by atoms with E-state index in [9.17, 15) is 4.39 Å². The van der Waals surface area contributed by atoms with E-state index >= 15 is 0 Å². The number of halogens is 1. The van der Waals surface area contributed by atoms with E-state index in [4.69, 9.17) is 12.6 Å². The van der Waals surface area contributed by atoms with Gasteiger partial charge >= 0.3 is 0 Å². The van der Waals surface area contributed by atoms with Crippen molar-refractivity contribution < 1.29 is 9.13 Å². The Morgan fingerprint density at radius 2 is 1.93 bits per heavy atom. The van der Waals surface area contributed by atoms with Crippen LogP contribution >= 0.6 is 0 Å². The van der Waals surface area contributed by atoms with E-state index in [-0.39, 0.29) is 11.9 Å². The number of benzene rings is 2. The Labute approximate surface area is 163 Å². The summed E-state index contributed by atoms with van der Waals surface area (Å²) in [5.41, 5.74) is 2.73. The number of aromatic nitrogens is 3. The van der Waals surface area contributed by atoms with Gasteiger partial charge in [0.05, 0.1) is 5.52 Å². The molecule has 0 aliphatic heterocycles. The molecule has 1 unspecified atom stereocenters. The van der Waals surface area contributed by atoms with E-state index in [1.807, 2.05) is 19.1 Å². The molecule has 2 heterocycles. The Morgan fingerprint density at radius 1 is 1.11 bits per heavy atom. The quantitative estimate of drug-likeness (QED) is 0.541. The number of nitrogens with one attached hydrogen (secondary N) is 1. The third kappa shape index (κ3) is 3.93. The number of nitrogens with zero attached hydrogens (tertiary/aromatic N) is 3. The fourth-order valence-electron chi connectivity index (χ4n) is 2.83. The zero-order chi connectivity index (χ0) is 19.5. The van der Waals surface area contributed by atoms with Crippen molar-refractivity contribution in [2.24, 2.45) is 0 Å². The molecule has 0 bridgehead atoms. The van der Waals surface area contributed by atoms with Crippen molar-refractivity contribution in [3.8, 4) is 5.75 Å². The van der Waals surface area contributed by atoms with E-state index in [1.54, 1.807) is 42.9 Å². The van der Waals surface area contributed by atoms with E-state index in [0.717, 1.165) is 10.9 Å². The van der Waals surface area contributed by atoms with Gasteiger partial charge in [-0.2, -0.15) is 0 Å². The molecule has 0 amide bonds. The molecular weight excluding hydrogens is 354 g/mol. The maximum absolute atomic E-state index is 13.4. The van der Waals surface area contributed by atoms with E-state index in [2.05, 4.69) is 20.3 Å². The summed E-state index contributed by atoms with van der Waals surface area (Å²) < 4.78 is 19.4. The molecule has 2 radical (unpaired) electrons. The lowest BCUT2D eigenvalue weighted by Gasteiger charge is -2.17. The van der Waals surface area contributed by atoms with Gasteiger partial charge in [-0.25, -0.2) is 14.4 Å². The lowest BCUT2D eigenvalue weighted by atomic mass is 9.93. The Hall–Kier alpha value is -3.48. The van der Waals surface area contributed by atoms with E-state index < -0.39 is 0 Å². The van der Waals surface area contributed by atoms with Crippen LogP contribution in [0.2, 0.25) is 0 Å². The molecule has 0 saturated carbocycles. The third-order valence-electron chi connectivity index (χ3n) is 4.27. The van der Waals surface area contributed by atoms with Crippen molar-refractivity contribution in [1.29, 1.82) is 0 Å². The van der Waals surface area contributed by atoms with Crippen LogP contribution < -0.4 is 15.5 Å². The van der Waals surface area contributed by atoms with Crippen LogP contribution in [0.5, 0.6) is 5.75 Å². The standard InChI is InChI=1S/C21H16BFN4O/c1-13(14-5-7-24-8-6-14)28-20-11-19-15(9-18(20)22)12-25-21(27-19)26-17-4-2-3-16(23)10-17/h2-13H,1H3,(H,25,26,27). The van der Waals surface area contributed by atoms with Crippen molar-refractivity contribution in [2.45, 2.75) is 13.0 Å². The summed E-state index contributed by atoms with van der Waals surface area (Å²) in [4.78, 5) is 12.8. The molecule has 1 atom stereocenters. The monoisotopic (exact) mass is 370 g/mol. The van der Waals surface area contributed by atoms with Gasteiger partial charge in [0, 0.05) is 35.7 Å². The Bertz CT molecular complexity index is 1120. The first-order valence-corrected chi connectivity index (χ1v) is 8.74. The summed E-state index contributed by atoms with van der Waals surface area (Å²) in [6, 6.07) is 13.5. The van der Waals surface area contributed by atoms with Crippen LogP contribution in [0.3, 0.4) is 0 Å². The molecule has 0 saturated heterocycles. The van der Waals surface area contributed by atoms with E-state index in [1.165, 1.54) is 12.1 Å². The summed E-state index contributed by atoms with van der Waals surface area (Å²) in [6.07, 6.45) is 4.90. The van der Waals surface area contributed by atoms with Gasteiger partial charge < -0.3 is 10.1 Å².